The molecule has 4 aromatic rings. The Hall–Kier alpha value is -4.87. The van der Waals surface area contributed by atoms with E-state index in [0.29, 0.717) is 18.3 Å². The Balaban J connectivity index is 1.18. The molecule has 4 atom stereocenters. The number of aryl methyl sites for hydroxylation is 2. The SMILES string of the molecule is CCCCC(CC)COc1ccc(C2=CC(C3C=CC=CC3)N=C(c3ccc4c5c3ccc3ccc(C6=CC=CCC6OC)c(c35)CC4)N2)c(O)c1. The van der Waals surface area contributed by atoms with Gasteiger partial charge in [-0.3, -0.25) is 4.99 Å². The minimum atomic E-state index is -0.0887. The Morgan fingerprint density at radius 2 is 1.75 bits per heavy atom. The highest BCUT2D eigenvalue weighted by Gasteiger charge is 2.28. The van der Waals surface area contributed by atoms with Crippen molar-refractivity contribution in [3.63, 3.8) is 0 Å². The Bertz CT molecular complexity index is 2180. The van der Waals surface area contributed by atoms with Crippen molar-refractivity contribution < 1.29 is 14.6 Å². The van der Waals surface area contributed by atoms with E-state index in [2.05, 4.69) is 104 Å². The van der Waals surface area contributed by atoms with Crippen molar-refractivity contribution in [2.75, 3.05) is 13.7 Å². The van der Waals surface area contributed by atoms with E-state index in [-0.39, 0.29) is 23.8 Å². The topological polar surface area (TPSA) is 63.1 Å². The fourth-order valence-corrected chi connectivity index (χ4v) is 8.57. The van der Waals surface area contributed by atoms with Gasteiger partial charge in [0.1, 0.15) is 17.3 Å². The van der Waals surface area contributed by atoms with Crippen LogP contribution < -0.4 is 10.1 Å². The number of methoxy groups -OCH3 is 1. The van der Waals surface area contributed by atoms with Crippen molar-refractivity contribution in [1.29, 1.82) is 0 Å². The number of nitrogens with one attached hydrogen (secondary N) is 1. The van der Waals surface area contributed by atoms with Gasteiger partial charge in [-0.25, -0.2) is 0 Å². The van der Waals surface area contributed by atoms with E-state index in [1.807, 2.05) is 19.2 Å². The molecule has 4 unspecified atom stereocenters. The molecule has 0 radical (unpaired) electrons. The number of aromatic hydroxyl groups is 1. The van der Waals surface area contributed by atoms with Crippen LogP contribution in [0.25, 0.3) is 32.8 Å². The number of ether oxygens (including phenoxy) is 2. The summed E-state index contributed by atoms with van der Waals surface area (Å²) in [5, 5.41) is 20.3. The second-order valence-electron chi connectivity index (χ2n) is 14.8. The van der Waals surface area contributed by atoms with E-state index in [0.717, 1.165) is 54.8 Å². The zero-order valence-electron chi connectivity index (χ0n) is 30.7. The van der Waals surface area contributed by atoms with Gasteiger partial charge >= 0.3 is 0 Å². The first-order valence-corrected chi connectivity index (χ1v) is 19.3. The van der Waals surface area contributed by atoms with Crippen molar-refractivity contribution in [3.8, 4) is 11.5 Å². The van der Waals surface area contributed by atoms with Crippen molar-refractivity contribution in [2.24, 2.45) is 16.8 Å². The fourth-order valence-electron chi connectivity index (χ4n) is 8.57. The molecule has 8 rings (SSSR count). The van der Waals surface area contributed by atoms with Crippen LogP contribution in [0.1, 0.15) is 80.2 Å². The number of hydrogen-bond acceptors (Lipinski definition) is 5. The number of nitrogens with zero attached hydrogens (tertiary/aromatic N) is 1. The van der Waals surface area contributed by atoms with Crippen molar-refractivity contribution in [1.82, 2.24) is 5.32 Å². The summed E-state index contributed by atoms with van der Waals surface area (Å²) in [6.45, 7) is 5.12. The third-order valence-electron chi connectivity index (χ3n) is 11.6. The molecule has 5 nitrogen and oxygen atoms in total. The molecule has 0 aromatic heterocycles. The first-order chi connectivity index (χ1) is 25.6. The standard InChI is InChI=1S/C47H50N2O3/c1-4-6-12-30(5-2)29-52-34-21-26-40(43(50)27-34)42-28-41(31-13-8-7-9-14-31)48-47(49-42)39-25-20-33-18-23-37-35(36-15-10-11-16-44(36)51-3)22-17-32-19-24-38(39)46(33)45(32)37/h7-11,13,15,17,19-22,24-28,30-31,41,44,50H,4-6,12,14,16,18,23,29H2,1-3H3,(H,48,49). The lowest BCUT2D eigenvalue weighted by molar-refractivity contribution is 0.150. The number of benzene rings is 4. The average Bonchev–Trinajstić information content (AvgIpc) is 3.20. The third-order valence-corrected chi connectivity index (χ3v) is 11.6. The smallest absolute Gasteiger partial charge is 0.133 e. The number of rotatable bonds is 12. The van der Waals surface area contributed by atoms with Crippen LogP contribution in [0.15, 0.2) is 108 Å². The van der Waals surface area contributed by atoms with Crippen LogP contribution in [0.2, 0.25) is 0 Å². The molecule has 0 amide bonds. The molecule has 4 aliphatic rings. The quantitative estimate of drug-likeness (QED) is 0.145. The summed E-state index contributed by atoms with van der Waals surface area (Å²) in [5.74, 6) is 2.48. The molecule has 4 aromatic carbocycles. The van der Waals surface area contributed by atoms with Gasteiger partial charge in [0.2, 0.25) is 0 Å². The molecule has 266 valence electrons. The van der Waals surface area contributed by atoms with E-state index in [1.165, 1.54) is 63.1 Å². The zero-order chi connectivity index (χ0) is 35.6. The van der Waals surface area contributed by atoms with E-state index >= 15 is 0 Å². The molecule has 0 fully saturated rings. The van der Waals surface area contributed by atoms with E-state index in [1.54, 1.807) is 6.07 Å². The molecular formula is C47H50N2O3. The van der Waals surface area contributed by atoms with Gasteiger partial charge in [0.15, 0.2) is 0 Å². The maximum atomic E-state index is 11.5. The Morgan fingerprint density at radius 3 is 2.56 bits per heavy atom. The van der Waals surface area contributed by atoms with Gasteiger partial charge in [-0.2, -0.15) is 0 Å². The highest BCUT2D eigenvalue weighted by Crippen LogP contribution is 2.42. The second-order valence-corrected chi connectivity index (χ2v) is 14.8. The van der Waals surface area contributed by atoms with Crippen LogP contribution in [-0.4, -0.2) is 36.8 Å². The summed E-state index contributed by atoms with van der Waals surface area (Å²) in [6, 6.07) is 19.3. The molecule has 0 saturated heterocycles. The monoisotopic (exact) mass is 690 g/mol. The van der Waals surface area contributed by atoms with Crippen molar-refractivity contribution in [3.05, 3.63) is 131 Å². The van der Waals surface area contributed by atoms with Gasteiger partial charge in [0.25, 0.3) is 0 Å². The van der Waals surface area contributed by atoms with E-state index < -0.39 is 0 Å². The van der Waals surface area contributed by atoms with Gasteiger partial charge in [-0.05, 0) is 100 Å². The zero-order valence-corrected chi connectivity index (χ0v) is 30.7. The normalized spacial score (nSPS) is 21.2. The fraction of sp³-hybridized carbons (Fsp3) is 0.340. The molecule has 52 heavy (non-hydrogen) atoms. The van der Waals surface area contributed by atoms with Gasteiger partial charge in [0.05, 0.1) is 18.8 Å². The van der Waals surface area contributed by atoms with Crippen LogP contribution >= 0.6 is 0 Å². The maximum Gasteiger partial charge on any atom is 0.133 e. The van der Waals surface area contributed by atoms with Crippen molar-refractivity contribution in [2.45, 2.75) is 77.4 Å². The first kappa shape index (κ1) is 34.2. The summed E-state index contributed by atoms with van der Waals surface area (Å²) >= 11 is 0. The van der Waals surface area contributed by atoms with Crippen LogP contribution in [0, 0.1) is 11.8 Å². The number of unbranched alkanes of at least 4 members (excludes halogenated alkanes) is 1. The summed E-state index contributed by atoms with van der Waals surface area (Å²) in [4.78, 5) is 5.40. The Kier molecular flexibility index (Phi) is 9.88. The van der Waals surface area contributed by atoms with E-state index in [4.69, 9.17) is 14.5 Å². The van der Waals surface area contributed by atoms with Gasteiger partial charge < -0.3 is 19.9 Å². The predicted molar refractivity (Wildman–Crippen MR) is 216 cm³/mol. The molecule has 0 spiro atoms. The molecule has 0 saturated carbocycles. The number of amidine groups is 1. The van der Waals surface area contributed by atoms with Crippen molar-refractivity contribution >= 4 is 38.7 Å². The number of phenols is 1. The predicted octanol–water partition coefficient (Wildman–Crippen LogP) is 10.6. The van der Waals surface area contributed by atoms with Crippen LogP contribution in [0.4, 0.5) is 0 Å². The number of hydrogen-bond donors (Lipinski definition) is 2. The molecule has 2 N–H and O–H groups in total. The minimum Gasteiger partial charge on any atom is -0.507 e. The molecule has 1 aliphatic heterocycles. The molecule has 1 heterocycles. The average molecular weight is 691 g/mol. The summed E-state index contributed by atoms with van der Waals surface area (Å²) < 4.78 is 12.1. The Morgan fingerprint density at radius 1 is 0.904 bits per heavy atom. The summed E-state index contributed by atoms with van der Waals surface area (Å²) in [7, 11) is 1.82. The number of aliphatic imine (C=N–C) groups is 1. The third kappa shape index (κ3) is 6.52. The maximum absolute atomic E-state index is 11.5. The second kappa shape index (κ2) is 15.0. The molecule has 0 bridgehead atoms. The number of phenolic OH excluding ortho intramolecular Hbond substituents is 1. The highest BCUT2D eigenvalue weighted by molar-refractivity contribution is 6.20. The lowest BCUT2D eigenvalue weighted by atomic mass is 9.80. The largest absolute Gasteiger partial charge is 0.507 e. The minimum absolute atomic E-state index is 0.0633. The van der Waals surface area contributed by atoms with Gasteiger partial charge in [-0.1, -0.05) is 112 Å². The molecule has 5 heteroatoms. The molecule has 3 aliphatic carbocycles. The highest BCUT2D eigenvalue weighted by atomic mass is 16.5. The number of allylic oxidation sites excluding steroid dienone is 5. The van der Waals surface area contributed by atoms with Gasteiger partial charge in [0, 0.05) is 35.9 Å². The Labute approximate surface area is 308 Å². The summed E-state index contributed by atoms with van der Waals surface area (Å²) in [5.41, 5.74) is 8.06. The lowest BCUT2D eigenvalue weighted by Gasteiger charge is -2.29. The van der Waals surface area contributed by atoms with Gasteiger partial charge in [-0.15, -0.1) is 0 Å². The lowest BCUT2D eigenvalue weighted by Crippen LogP contribution is -2.32. The van der Waals surface area contributed by atoms with Crippen LogP contribution in [0.5, 0.6) is 11.5 Å². The summed E-state index contributed by atoms with van der Waals surface area (Å²) in [6.07, 6.45) is 26.0. The van der Waals surface area contributed by atoms with E-state index in [9.17, 15) is 5.11 Å². The molecular weight excluding hydrogens is 641 g/mol. The first-order valence-electron chi connectivity index (χ1n) is 19.3. The van der Waals surface area contributed by atoms with Crippen LogP contribution in [-0.2, 0) is 17.6 Å². The van der Waals surface area contributed by atoms with Crippen LogP contribution in [0.3, 0.4) is 0 Å².